The smallest absolute Gasteiger partial charge is 0.0920 e. The van der Waals surface area contributed by atoms with Crippen LogP contribution in [0.3, 0.4) is 0 Å². The Morgan fingerprint density at radius 2 is 1.70 bits per heavy atom. The lowest BCUT2D eigenvalue weighted by Gasteiger charge is -2.24. The molecule has 0 saturated carbocycles. The summed E-state index contributed by atoms with van der Waals surface area (Å²) in [6, 6.07) is 0. The molecule has 2 N–H and O–H groups in total. The number of ether oxygens (including phenoxy) is 1. The predicted octanol–water partition coefficient (Wildman–Crippen LogP) is 3.99. The SMILES string of the molecule is CC(C)C1/C=C/[C@](C)(O)C/C=C/[C@@](C)(O)CC[C@@H]2O[C@@]2(C)CC1. The molecule has 23 heavy (non-hydrogen) atoms. The van der Waals surface area contributed by atoms with E-state index < -0.39 is 11.2 Å². The third-order valence-corrected chi connectivity index (χ3v) is 5.49. The number of hydrogen-bond acceptors (Lipinski definition) is 3. The monoisotopic (exact) mass is 322 g/mol. The molecule has 2 aliphatic rings. The normalized spacial score (nSPS) is 48.3. The molecule has 0 aromatic carbocycles. The van der Waals surface area contributed by atoms with Crippen molar-refractivity contribution in [3.8, 4) is 0 Å². The fourth-order valence-electron chi connectivity index (χ4n) is 3.44. The summed E-state index contributed by atoms with van der Waals surface area (Å²) in [5.41, 5.74) is -1.74. The molecule has 1 unspecified atom stereocenters. The summed E-state index contributed by atoms with van der Waals surface area (Å²) in [5, 5.41) is 21.0. The third-order valence-electron chi connectivity index (χ3n) is 5.49. The Labute approximate surface area is 141 Å². The van der Waals surface area contributed by atoms with Crippen LogP contribution in [-0.4, -0.2) is 33.1 Å². The van der Waals surface area contributed by atoms with Crippen molar-refractivity contribution in [3.05, 3.63) is 24.3 Å². The topological polar surface area (TPSA) is 53.0 Å². The lowest BCUT2D eigenvalue weighted by atomic mass is 9.84. The van der Waals surface area contributed by atoms with Gasteiger partial charge in [-0.25, -0.2) is 0 Å². The molecule has 1 heterocycles. The molecule has 5 atom stereocenters. The van der Waals surface area contributed by atoms with Crippen molar-refractivity contribution in [1.82, 2.24) is 0 Å². The second kappa shape index (κ2) is 6.70. The average Bonchev–Trinajstić information content (AvgIpc) is 3.06. The van der Waals surface area contributed by atoms with Crippen LogP contribution in [0.5, 0.6) is 0 Å². The highest BCUT2D eigenvalue weighted by atomic mass is 16.6. The maximum atomic E-state index is 10.5. The van der Waals surface area contributed by atoms with E-state index in [0.29, 0.717) is 24.7 Å². The molecule has 0 radical (unpaired) electrons. The first kappa shape index (κ1) is 18.7. The zero-order chi connectivity index (χ0) is 17.3. The lowest BCUT2D eigenvalue weighted by Crippen LogP contribution is -2.25. The van der Waals surface area contributed by atoms with Crippen molar-refractivity contribution in [2.75, 3.05) is 0 Å². The second-order valence-corrected chi connectivity index (χ2v) is 8.58. The highest BCUT2D eigenvalue weighted by Gasteiger charge is 2.51. The summed E-state index contributed by atoms with van der Waals surface area (Å²) < 4.78 is 5.93. The van der Waals surface area contributed by atoms with Gasteiger partial charge in [0.25, 0.3) is 0 Å². The molecule has 2 rings (SSSR count). The fourth-order valence-corrected chi connectivity index (χ4v) is 3.44. The van der Waals surface area contributed by atoms with Gasteiger partial charge < -0.3 is 14.9 Å². The van der Waals surface area contributed by atoms with Gasteiger partial charge in [-0.05, 0) is 64.7 Å². The molecule has 1 aliphatic heterocycles. The average molecular weight is 322 g/mol. The molecule has 1 saturated heterocycles. The largest absolute Gasteiger partial charge is 0.386 e. The Balaban J connectivity index is 2.16. The van der Waals surface area contributed by atoms with Crippen molar-refractivity contribution >= 4 is 0 Å². The molecular weight excluding hydrogens is 288 g/mol. The number of hydrogen-bond donors (Lipinski definition) is 2. The predicted molar refractivity (Wildman–Crippen MR) is 94.2 cm³/mol. The van der Waals surface area contributed by atoms with Crippen molar-refractivity contribution in [2.45, 2.75) is 89.6 Å². The van der Waals surface area contributed by atoms with E-state index in [2.05, 4.69) is 26.8 Å². The molecule has 0 amide bonds. The standard InChI is InChI=1S/C20H34O3/c1-15(2)16-7-12-18(3,21)10-6-11-19(4,22)13-9-17-20(5,23-17)14-8-16/h6-7,11-12,15-17,21-22H,8-10,13-14H2,1-5H3/b11-6+,12-7+/t16?,17-,18+,19+,20-/m0/s1. The molecule has 132 valence electrons. The molecule has 3 nitrogen and oxygen atoms in total. The van der Waals surface area contributed by atoms with E-state index >= 15 is 0 Å². The van der Waals surface area contributed by atoms with Crippen LogP contribution < -0.4 is 0 Å². The molecule has 0 aromatic rings. The van der Waals surface area contributed by atoms with Crippen LogP contribution >= 0.6 is 0 Å². The van der Waals surface area contributed by atoms with Gasteiger partial charge in [-0.3, -0.25) is 0 Å². The van der Waals surface area contributed by atoms with Crippen LogP contribution in [0.2, 0.25) is 0 Å². The molecular formula is C20H34O3. The number of epoxide rings is 1. The molecule has 1 aliphatic carbocycles. The van der Waals surface area contributed by atoms with Gasteiger partial charge in [0, 0.05) is 0 Å². The summed E-state index contributed by atoms with van der Waals surface area (Å²) in [7, 11) is 0. The van der Waals surface area contributed by atoms with Crippen LogP contribution in [0.4, 0.5) is 0 Å². The number of aliphatic hydroxyl groups is 2. The van der Waals surface area contributed by atoms with E-state index in [1.807, 2.05) is 32.1 Å². The van der Waals surface area contributed by atoms with Gasteiger partial charge in [0.1, 0.15) is 0 Å². The van der Waals surface area contributed by atoms with Gasteiger partial charge in [-0.1, -0.05) is 38.2 Å². The number of fused-ring (bicyclic) bond motifs is 1. The second-order valence-electron chi connectivity index (χ2n) is 8.58. The van der Waals surface area contributed by atoms with Crippen LogP contribution in [-0.2, 0) is 4.74 Å². The molecule has 0 spiro atoms. The summed E-state index contributed by atoms with van der Waals surface area (Å²) in [6.45, 7) is 10.3. The molecule has 0 aromatic heterocycles. The van der Waals surface area contributed by atoms with Crippen molar-refractivity contribution in [2.24, 2.45) is 11.8 Å². The first-order valence-electron chi connectivity index (χ1n) is 9.03. The van der Waals surface area contributed by atoms with E-state index in [9.17, 15) is 10.2 Å². The van der Waals surface area contributed by atoms with Crippen LogP contribution in [0, 0.1) is 11.8 Å². The van der Waals surface area contributed by atoms with Crippen LogP contribution in [0.1, 0.15) is 66.7 Å². The minimum absolute atomic E-state index is 0.0343. The minimum Gasteiger partial charge on any atom is -0.386 e. The van der Waals surface area contributed by atoms with Crippen molar-refractivity contribution in [3.63, 3.8) is 0 Å². The quantitative estimate of drug-likeness (QED) is 0.567. The first-order valence-corrected chi connectivity index (χ1v) is 9.03. The highest BCUT2D eigenvalue weighted by Crippen LogP contribution is 2.45. The van der Waals surface area contributed by atoms with Gasteiger partial charge in [0.05, 0.1) is 22.9 Å². The lowest BCUT2D eigenvalue weighted by molar-refractivity contribution is 0.0932. The summed E-state index contributed by atoms with van der Waals surface area (Å²) >= 11 is 0. The van der Waals surface area contributed by atoms with E-state index in [1.165, 1.54) is 0 Å². The Kier molecular flexibility index (Phi) is 5.44. The minimum atomic E-state index is -0.869. The molecule has 3 heteroatoms. The van der Waals surface area contributed by atoms with Crippen LogP contribution in [0.25, 0.3) is 0 Å². The zero-order valence-corrected chi connectivity index (χ0v) is 15.4. The number of allylic oxidation sites excluding steroid dienone is 1. The molecule has 0 bridgehead atoms. The van der Waals surface area contributed by atoms with E-state index in [-0.39, 0.29) is 11.7 Å². The maximum Gasteiger partial charge on any atom is 0.0920 e. The van der Waals surface area contributed by atoms with Crippen molar-refractivity contribution < 1.29 is 14.9 Å². The fraction of sp³-hybridized carbons (Fsp3) is 0.800. The highest BCUT2D eigenvalue weighted by molar-refractivity contribution is 5.10. The van der Waals surface area contributed by atoms with Gasteiger partial charge in [0.15, 0.2) is 0 Å². The Hall–Kier alpha value is -0.640. The number of rotatable bonds is 1. The first-order chi connectivity index (χ1) is 10.5. The van der Waals surface area contributed by atoms with Crippen LogP contribution in [0.15, 0.2) is 24.3 Å². The van der Waals surface area contributed by atoms with Gasteiger partial charge in [-0.15, -0.1) is 0 Å². The Morgan fingerprint density at radius 3 is 2.35 bits per heavy atom. The van der Waals surface area contributed by atoms with E-state index in [4.69, 9.17) is 4.74 Å². The molecule has 1 fully saturated rings. The van der Waals surface area contributed by atoms with Gasteiger partial charge in [-0.2, -0.15) is 0 Å². The Bertz CT molecular complexity index is 462. The van der Waals surface area contributed by atoms with Crippen molar-refractivity contribution in [1.29, 1.82) is 0 Å². The van der Waals surface area contributed by atoms with E-state index in [1.54, 1.807) is 0 Å². The Morgan fingerprint density at radius 1 is 1.00 bits per heavy atom. The zero-order valence-electron chi connectivity index (χ0n) is 15.4. The summed E-state index contributed by atoms with van der Waals surface area (Å²) in [5.74, 6) is 1.00. The third kappa shape index (κ3) is 5.44. The van der Waals surface area contributed by atoms with Gasteiger partial charge >= 0.3 is 0 Å². The summed E-state index contributed by atoms with van der Waals surface area (Å²) in [6.07, 6.45) is 12.3. The summed E-state index contributed by atoms with van der Waals surface area (Å²) in [4.78, 5) is 0. The van der Waals surface area contributed by atoms with E-state index in [0.717, 1.165) is 19.3 Å². The maximum absolute atomic E-state index is 10.5. The van der Waals surface area contributed by atoms with Gasteiger partial charge in [0.2, 0.25) is 0 Å².